The molecule has 0 saturated carbocycles. The molecule has 2 heterocycles. The highest BCUT2D eigenvalue weighted by Crippen LogP contribution is 2.32. The maximum atomic E-state index is 12.8. The van der Waals surface area contributed by atoms with Gasteiger partial charge in [0.2, 0.25) is 5.91 Å². The summed E-state index contributed by atoms with van der Waals surface area (Å²) in [6, 6.07) is 9.18. The number of nitrogens with zero attached hydrogens (tertiary/aromatic N) is 2. The zero-order valence-corrected chi connectivity index (χ0v) is 14.8. The molecule has 0 radical (unpaired) electrons. The average molecular weight is 314 g/mol. The molecule has 126 valence electrons. The van der Waals surface area contributed by atoms with E-state index in [1.54, 1.807) is 0 Å². The second kappa shape index (κ2) is 7.04. The number of hydrogen-bond donors (Lipinski definition) is 0. The third-order valence-corrected chi connectivity index (χ3v) is 5.35. The van der Waals surface area contributed by atoms with Crippen molar-refractivity contribution < 1.29 is 4.79 Å². The summed E-state index contributed by atoms with van der Waals surface area (Å²) in [5.74, 6) is 1.59. The summed E-state index contributed by atoms with van der Waals surface area (Å²) < 4.78 is 0. The Bertz CT molecular complexity index is 546. The van der Waals surface area contributed by atoms with Gasteiger partial charge in [-0.15, -0.1) is 0 Å². The predicted octanol–water partition coefficient (Wildman–Crippen LogP) is 3.64. The number of piperidine rings is 1. The van der Waals surface area contributed by atoms with Crippen molar-refractivity contribution in [2.75, 3.05) is 26.2 Å². The summed E-state index contributed by atoms with van der Waals surface area (Å²) in [5.41, 5.74) is 2.68. The van der Waals surface area contributed by atoms with Crippen LogP contribution in [0.15, 0.2) is 24.3 Å². The van der Waals surface area contributed by atoms with Crippen LogP contribution in [0.5, 0.6) is 0 Å². The minimum atomic E-state index is 0.322. The highest BCUT2D eigenvalue weighted by molar-refractivity contribution is 5.78. The number of benzene rings is 1. The fourth-order valence-corrected chi connectivity index (χ4v) is 4.41. The van der Waals surface area contributed by atoms with Crippen LogP contribution in [0, 0.1) is 18.8 Å². The quantitative estimate of drug-likeness (QED) is 0.850. The van der Waals surface area contributed by atoms with Gasteiger partial charge in [-0.1, -0.05) is 43.7 Å². The van der Waals surface area contributed by atoms with E-state index in [0.29, 0.717) is 30.3 Å². The molecule has 1 aromatic carbocycles. The van der Waals surface area contributed by atoms with Crippen LogP contribution in [0.2, 0.25) is 0 Å². The third kappa shape index (κ3) is 3.95. The van der Waals surface area contributed by atoms with Gasteiger partial charge in [0.05, 0.1) is 6.54 Å². The Hall–Kier alpha value is -1.35. The molecule has 0 bridgehead atoms. The largest absolute Gasteiger partial charge is 0.341 e. The van der Waals surface area contributed by atoms with E-state index in [1.165, 1.54) is 30.4 Å². The number of aryl methyl sites for hydroxylation is 1. The van der Waals surface area contributed by atoms with Crippen LogP contribution in [0.4, 0.5) is 0 Å². The van der Waals surface area contributed by atoms with Gasteiger partial charge in [-0.05, 0) is 50.1 Å². The van der Waals surface area contributed by atoms with Gasteiger partial charge in [0.1, 0.15) is 0 Å². The minimum absolute atomic E-state index is 0.322. The van der Waals surface area contributed by atoms with Gasteiger partial charge >= 0.3 is 0 Å². The van der Waals surface area contributed by atoms with Crippen LogP contribution in [-0.2, 0) is 4.79 Å². The van der Waals surface area contributed by atoms with Gasteiger partial charge in [0, 0.05) is 19.1 Å². The summed E-state index contributed by atoms with van der Waals surface area (Å²) >= 11 is 0. The molecule has 2 fully saturated rings. The minimum Gasteiger partial charge on any atom is -0.341 e. The van der Waals surface area contributed by atoms with E-state index in [2.05, 4.69) is 54.8 Å². The monoisotopic (exact) mass is 314 g/mol. The molecule has 3 unspecified atom stereocenters. The number of amides is 1. The van der Waals surface area contributed by atoms with Crippen molar-refractivity contribution >= 4 is 5.91 Å². The van der Waals surface area contributed by atoms with E-state index in [1.807, 2.05) is 0 Å². The Labute approximate surface area is 140 Å². The maximum absolute atomic E-state index is 12.8. The molecule has 0 aromatic heterocycles. The van der Waals surface area contributed by atoms with Crippen LogP contribution >= 0.6 is 0 Å². The second-order valence-corrected chi connectivity index (χ2v) is 7.79. The summed E-state index contributed by atoms with van der Waals surface area (Å²) in [6.07, 6.45) is 3.61. The van der Waals surface area contributed by atoms with Crippen molar-refractivity contribution in [3.05, 3.63) is 35.4 Å². The zero-order chi connectivity index (χ0) is 16.4. The van der Waals surface area contributed by atoms with Gasteiger partial charge in [-0.25, -0.2) is 0 Å². The van der Waals surface area contributed by atoms with Crippen LogP contribution in [-0.4, -0.2) is 41.9 Å². The molecule has 3 nitrogen and oxygen atoms in total. The van der Waals surface area contributed by atoms with E-state index in [-0.39, 0.29) is 0 Å². The smallest absolute Gasteiger partial charge is 0.236 e. The molecule has 1 amide bonds. The lowest BCUT2D eigenvalue weighted by atomic mass is 9.92. The van der Waals surface area contributed by atoms with Crippen LogP contribution in [0.3, 0.4) is 0 Å². The summed E-state index contributed by atoms with van der Waals surface area (Å²) in [4.78, 5) is 17.3. The molecule has 2 aliphatic rings. The van der Waals surface area contributed by atoms with Gasteiger partial charge in [-0.3, -0.25) is 9.69 Å². The normalized spacial score (nSPS) is 29.0. The van der Waals surface area contributed by atoms with Gasteiger partial charge in [0.15, 0.2) is 0 Å². The van der Waals surface area contributed by atoms with E-state index < -0.39 is 0 Å². The van der Waals surface area contributed by atoms with Crippen LogP contribution in [0.25, 0.3) is 0 Å². The van der Waals surface area contributed by atoms with Gasteiger partial charge < -0.3 is 4.90 Å². The van der Waals surface area contributed by atoms with Gasteiger partial charge in [0.25, 0.3) is 0 Å². The van der Waals surface area contributed by atoms with Crippen LogP contribution in [0.1, 0.15) is 50.3 Å². The average Bonchev–Trinajstić information content (AvgIpc) is 2.94. The molecule has 1 aromatic rings. The first-order chi connectivity index (χ1) is 11.0. The summed E-state index contributed by atoms with van der Waals surface area (Å²) in [7, 11) is 0. The van der Waals surface area contributed by atoms with Crippen LogP contribution < -0.4 is 0 Å². The fourth-order valence-electron chi connectivity index (χ4n) is 4.41. The van der Waals surface area contributed by atoms with Gasteiger partial charge in [-0.2, -0.15) is 0 Å². The topological polar surface area (TPSA) is 23.6 Å². The Balaban J connectivity index is 1.65. The fraction of sp³-hybridized carbons (Fsp3) is 0.650. The van der Waals surface area contributed by atoms with Crippen molar-refractivity contribution in [3.8, 4) is 0 Å². The lowest BCUT2D eigenvalue weighted by molar-refractivity contribution is -0.135. The van der Waals surface area contributed by atoms with E-state index in [9.17, 15) is 4.79 Å². The third-order valence-electron chi connectivity index (χ3n) is 5.35. The van der Waals surface area contributed by atoms with Crippen molar-refractivity contribution in [2.45, 2.75) is 46.1 Å². The van der Waals surface area contributed by atoms with Crippen molar-refractivity contribution in [2.24, 2.45) is 11.8 Å². The zero-order valence-electron chi connectivity index (χ0n) is 14.8. The predicted molar refractivity (Wildman–Crippen MR) is 94.3 cm³/mol. The Morgan fingerprint density at radius 3 is 2.65 bits per heavy atom. The molecule has 2 saturated heterocycles. The molecule has 23 heavy (non-hydrogen) atoms. The highest BCUT2D eigenvalue weighted by Gasteiger charge is 2.31. The Kier molecular flexibility index (Phi) is 5.05. The first-order valence-corrected chi connectivity index (χ1v) is 9.11. The summed E-state index contributed by atoms with van der Waals surface area (Å²) in [5, 5.41) is 0. The molecule has 2 aliphatic heterocycles. The number of hydrogen-bond acceptors (Lipinski definition) is 2. The number of likely N-dealkylation sites (tertiary alicyclic amines) is 2. The van der Waals surface area contributed by atoms with Crippen molar-refractivity contribution in [1.82, 2.24) is 9.80 Å². The van der Waals surface area contributed by atoms with E-state index in [4.69, 9.17) is 0 Å². The molecular formula is C20H30N2O. The number of carbonyl (C=O) groups is 1. The van der Waals surface area contributed by atoms with Crippen molar-refractivity contribution in [3.63, 3.8) is 0 Å². The second-order valence-electron chi connectivity index (χ2n) is 7.79. The summed E-state index contributed by atoms with van der Waals surface area (Å²) in [6.45, 7) is 10.2. The number of carbonyl (C=O) groups excluding carboxylic acids is 1. The Morgan fingerprint density at radius 1 is 1.22 bits per heavy atom. The molecule has 0 N–H and O–H groups in total. The van der Waals surface area contributed by atoms with E-state index in [0.717, 1.165) is 19.6 Å². The SMILES string of the molecule is Cc1cccc(C2CCCN2CC(=O)N2CC(C)CC(C)C2)c1. The lowest BCUT2D eigenvalue weighted by Gasteiger charge is -2.36. The molecule has 0 aliphatic carbocycles. The first-order valence-electron chi connectivity index (χ1n) is 9.11. The lowest BCUT2D eigenvalue weighted by Crippen LogP contribution is -2.46. The highest BCUT2D eigenvalue weighted by atomic mass is 16.2. The number of rotatable bonds is 3. The molecule has 3 rings (SSSR count). The maximum Gasteiger partial charge on any atom is 0.236 e. The van der Waals surface area contributed by atoms with Crippen molar-refractivity contribution in [1.29, 1.82) is 0 Å². The standard InChI is InChI=1S/C20H30N2O/c1-15-6-4-7-18(11-15)19-8-5-9-21(19)14-20(23)22-12-16(2)10-17(3)13-22/h4,6-7,11,16-17,19H,5,8-10,12-14H2,1-3H3. The molecular weight excluding hydrogens is 284 g/mol. The van der Waals surface area contributed by atoms with E-state index >= 15 is 0 Å². The molecule has 3 atom stereocenters. The Morgan fingerprint density at radius 2 is 1.96 bits per heavy atom. The molecule has 0 spiro atoms. The molecule has 3 heteroatoms. The first kappa shape index (κ1) is 16.5.